The van der Waals surface area contributed by atoms with Crippen LogP contribution in [0.3, 0.4) is 0 Å². The summed E-state index contributed by atoms with van der Waals surface area (Å²) in [5, 5.41) is 1.02. The maximum absolute atomic E-state index is 5.80. The molecule has 1 aromatic carbocycles. The fraction of sp³-hybridized carbons (Fsp3) is 0.389. The van der Waals surface area contributed by atoms with Gasteiger partial charge in [-0.2, -0.15) is 0 Å². The SMILES string of the molecule is CC(N)Cc1ccc(Sc2ccc(C(C)(C)C)cc2)nc1. The molecule has 1 aromatic heterocycles. The highest BCUT2D eigenvalue weighted by molar-refractivity contribution is 7.99. The Labute approximate surface area is 132 Å². The normalized spacial score (nSPS) is 13.2. The highest BCUT2D eigenvalue weighted by atomic mass is 32.2. The number of pyridine rings is 1. The van der Waals surface area contributed by atoms with Gasteiger partial charge in [-0.25, -0.2) is 4.98 Å². The van der Waals surface area contributed by atoms with E-state index < -0.39 is 0 Å². The molecule has 0 fully saturated rings. The van der Waals surface area contributed by atoms with Gasteiger partial charge in [0.25, 0.3) is 0 Å². The van der Waals surface area contributed by atoms with Crippen LogP contribution in [0.4, 0.5) is 0 Å². The van der Waals surface area contributed by atoms with Gasteiger partial charge in [0.2, 0.25) is 0 Å². The number of hydrogen-bond acceptors (Lipinski definition) is 3. The molecule has 2 N–H and O–H groups in total. The summed E-state index contributed by atoms with van der Waals surface area (Å²) >= 11 is 1.69. The third-order valence-electron chi connectivity index (χ3n) is 3.30. The summed E-state index contributed by atoms with van der Waals surface area (Å²) in [5.41, 5.74) is 8.54. The van der Waals surface area contributed by atoms with Crippen molar-refractivity contribution < 1.29 is 0 Å². The van der Waals surface area contributed by atoms with Crippen LogP contribution in [-0.4, -0.2) is 11.0 Å². The predicted molar refractivity (Wildman–Crippen MR) is 90.9 cm³/mol. The highest BCUT2D eigenvalue weighted by Gasteiger charge is 2.13. The zero-order valence-electron chi connectivity index (χ0n) is 13.3. The summed E-state index contributed by atoms with van der Waals surface area (Å²) in [4.78, 5) is 5.72. The van der Waals surface area contributed by atoms with Gasteiger partial charge in [0.05, 0.1) is 0 Å². The summed E-state index contributed by atoms with van der Waals surface area (Å²) < 4.78 is 0. The molecule has 1 heterocycles. The predicted octanol–water partition coefficient (Wildman–Crippen LogP) is 4.42. The summed E-state index contributed by atoms with van der Waals surface area (Å²) in [6.07, 6.45) is 2.80. The molecule has 2 nitrogen and oxygen atoms in total. The van der Waals surface area contributed by atoms with E-state index in [-0.39, 0.29) is 11.5 Å². The number of hydrogen-bond donors (Lipinski definition) is 1. The van der Waals surface area contributed by atoms with Crippen LogP contribution in [-0.2, 0) is 11.8 Å². The second-order valence-corrected chi connectivity index (χ2v) is 7.66. The van der Waals surface area contributed by atoms with Gasteiger partial charge >= 0.3 is 0 Å². The van der Waals surface area contributed by atoms with E-state index in [0.29, 0.717) is 0 Å². The van der Waals surface area contributed by atoms with Crippen LogP contribution in [0.25, 0.3) is 0 Å². The third-order valence-corrected chi connectivity index (χ3v) is 4.26. The van der Waals surface area contributed by atoms with Crippen LogP contribution >= 0.6 is 11.8 Å². The van der Waals surface area contributed by atoms with Crippen molar-refractivity contribution in [1.82, 2.24) is 4.98 Å². The maximum Gasteiger partial charge on any atom is 0.101 e. The van der Waals surface area contributed by atoms with Crippen molar-refractivity contribution in [1.29, 1.82) is 0 Å². The van der Waals surface area contributed by atoms with E-state index in [4.69, 9.17) is 5.73 Å². The lowest BCUT2D eigenvalue weighted by Gasteiger charge is -2.19. The van der Waals surface area contributed by atoms with Crippen molar-refractivity contribution in [3.63, 3.8) is 0 Å². The van der Waals surface area contributed by atoms with Crippen LogP contribution < -0.4 is 5.73 Å². The molecule has 0 bridgehead atoms. The molecule has 0 aliphatic heterocycles. The van der Waals surface area contributed by atoms with Gasteiger partial charge in [0.1, 0.15) is 5.03 Å². The maximum atomic E-state index is 5.80. The first-order chi connectivity index (χ1) is 9.84. The molecule has 0 aliphatic rings. The minimum atomic E-state index is 0.176. The standard InChI is InChI=1S/C18H24N2S/c1-13(19)11-14-5-10-17(20-12-14)21-16-8-6-15(7-9-16)18(2,3)4/h5-10,12-13H,11,19H2,1-4H3. The first-order valence-corrected chi connectivity index (χ1v) is 8.15. The number of nitrogens with zero attached hydrogens (tertiary/aromatic N) is 1. The van der Waals surface area contributed by atoms with Crippen LogP contribution in [0.5, 0.6) is 0 Å². The summed E-state index contributed by atoms with van der Waals surface area (Å²) in [7, 11) is 0. The van der Waals surface area contributed by atoms with E-state index >= 15 is 0 Å². The third kappa shape index (κ3) is 4.87. The molecule has 0 radical (unpaired) electrons. The Balaban J connectivity index is 2.04. The van der Waals surface area contributed by atoms with E-state index in [9.17, 15) is 0 Å². The highest BCUT2D eigenvalue weighted by Crippen LogP contribution is 2.29. The second kappa shape index (κ2) is 6.63. The van der Waals surface area contributed by atoms with Gasteiger partial charge in [-0.15, -0.1) is 0 Å². The van der Waals surface area contributed by atoms with Gasteiger partial charge in [-0.05, 0) is 48.1 Å². The molecule has 0 amide bonds. The molecule has 2 rings (SSSR count). The smallest absolute Gasteiger partial charge is 0.101 e. The minimum absolute atomic E-state index is 0.176. The molecule has 1 unspecified atom stereocenters. The van der Waals surface area contributed by atoms with Crippen LogP contribution in [0.1, 0.15) is 38.8 Å². The first kappa shape index (κ1) is 16.1. The summed E-state index contributed by atoms with van der Waals surface area (Å²) in [6, 6.07) is 13.1. The summed E-state index contributed by atoms with van der Waals surface area (Å²) in [6.45, 7) is 8.70. The lowest BCUT2D eigenvalue weighted by molar-refractivity contribution is 0.590. The van der Waals surface area contributed by atoms with Crippen molar-refractivity contribution in [2.24, 2.45) is 5.73 Å². The monoisotopic (exact) mass is 300 g/mol. The molecule has 2 aromatic rings. The Hall–Kier alpha value is -1.32. The first-order valence-electron chi connectivity index (χ1n) is 7.33. The van der Waals surface area contributed by atoms with E-state index in [0.717, 1.165) is 11.4 Å². The Kier molecular flexibility index (Phi) is 5.07. The van der Waals surface area contributed by atoms with E-state index in [2.05, 4.69) is 62.2 Å². The van der Waals surface area contributed by atoms with Gasteiger partial charge in [-0.1, -0.05) is 50.7 Å². The molecule has 21 heavy (non-hydrogen) atoms. The van der Waals surface area contributed by atoms with Gasteiger partial charge in [0, 0.05) is 17.1 Å². The average molecular weight is 300 g/mol. The van der Waals surface area contributed by atoms with Crippen molar-refractivity contribution in [3.05, 3.63) is 53.7 Å². The van der Waals surface area contributed by atoms with E-state index in [1.54, 1.807) is 11.8 Å². The molecule has 3 heteroatoms. The molecular formula is C18H24N2S. The Morgan fingerprint density at radius 2 is 1.76 bits per heavy atom. The number of benzene rings is 1. The van der Waals surface area contributed by atoms with Gasteiger partial charge in [0.15, 0.2) is 0 Å². The van der Waals surface area contributed by atoms with Crippen molar-refractivity contribution in [2.45, 2.75) is 55.5 Å². The van der Waals surface area contributed by atoms with E-state index in [1.165, 1.54) is 16.0 Å². The Morgan fingerprint density at radius 1 is 1.10 bits per heavy atom. The topological polar surface area (TPSA) is 38.9 Å². The number of aromatic nitrogens is 1. The van der Waals surface area contributed by atoms with Crippen LogP contribution in [0.15, 0.2) is 52.5 Å². The van der Waals surface area contributed by atoms with Crippen LogP contribution in [0.2, 0.25) is 0 Å². The van der Waals surface area contributed by atoms with Crippen LogP contribution in [0, 0.1) is 0 Å². The van der Waals surface area contributed by atoms with E-state index in [1.807, 2.05) is 13.1 Å². The molecule has 0 saturated heterocycles. The molecule has 0 aliphatic carbocycles. The molecular weight excluding hydrogens is 276 g/mol. The fourth-order valence-corrected chi connectivity index (χ4v) is 2.86. The largest absolute Gasteiger partial charge is 0.328 e. The van der Waals surface area contributed by atoms with Crippen molar-refractivity contribution in [3.8, 4) is 0 Å². The fourth-order valence-electron chi connectivity index (χ4n) is 2.11. The average Bonchev–Trinajstić information content (AvgIpc) is 2.40. The number of nitrogens with two attached hydrogens (primary N) is 1. The molecule has 0 spiro atoms. The Bertz CT molecular complexity index is 566. The van der Waals surface area contributed by atoms with Crippen molar-refractivity contribution >= 4 is 11.8 Å². The van der Waals surface area contributed by atoms with Crippen molar-refractivity contribution in [2.75, 3.05) is 0 Å². The zero-order chi connectivity index (χ0) is 15.5. The second-order valence-electron chi connectivity index (χ2n) is 6.56. The lowest BCUT2D eigenvalue weighted by Crippen LogP contribution is -2.17. The lowest BCUT2D eigenvalue weighted by atomic mass is 9.87. The molecule has 0 saturated carbocycles. The zero-order valence-corrected chi connectivity index (χ0v) is 14.1. The minimum Gasteiger partial charge on any atom is -0.328 e. The number of rotatable bonds is 4. The van der Waals surface area contributed by atoms with Gasteiger partial charge in [-0.3, -0.25) is 0 Å². The Morgan fingerprint density at radius 3 is 2.24 bits per heavy atom. The quantitative estimate of drug-likeness (QED) is 0.908. The van der Waals surface area contributed by atoms with Gasteiger partial charge < -0.3 is 5.73 Å². The molecule has 1 atom stereocenters. The molecule has 112 valence electrons. The summed E-state index contributed by atoms with van der Waals surface area (Å²) in [5.74, 6) is 0.